The van der Waals surface area contributed by atoms with Crippen LogP contribution in [-0.4, -0.2) is 42.1 Å². The minimum Gasteiger partial charge on any atom is -0.338 e. The molecule has 1 saturated heterocycles. The van der Waals surface area contributed by atoms with E-state index in [0.29, 0.717) is 12.5 Å². The summed E-state index contributed by atoms with van der Waals surface area (Å²) in [7, 11) is 0. The number of likely N-dealkylation sites (tertiary alicyclic amines) is 1. The second kappa shape index (κ2) is 9.18. The first-order valence-corrected chi connectivity index (χ1v) is 8.96. The average molecular weight is 338 g/mol. The van der Waals surface area contributed by atoms with Gasteiger partial charge in [-0.1, -0.05) is 36.4 Å². The van der Waals surface area contributed by atoms with Crippen LogP contribution in [0.5, 0.6) is 0 Å². The van der Waals surface area contributed by atoms with Crippen molar-refractivity contribution in [1.82, 2.24) is 20.5 Å². The molecule has 0 saturated carbocycles. The van der Waals surface area contributed by atoms with Gasteiger partial charge in [-0.2, -0.15) is 0 Å². The summed E-state index contributed by atoms with van der Waals surface area (Å²) in [5.41, 5.74) is 2.39. The van der Waals surface area contributed by atoms with E-state index in [9.17, 15) is 4.79 Å². The van der Waals surface area contributed by atoms with Gasteiger partial charge in [0.2, 0.25) is 0 Å². The third kappa shape index (κ3) is 5.87. The van der Waals surface area contributed by atoms with E-state index < -0.39 is 0 Å². The molecule has 132 valence electrons. The minimum atomic E-state index is -0.105. The topological polar surface area (TPSA) is 57.3 Å². The number of hydrogen-bond donors (Lipinski definition) is 2. The number of carbonyl (C=O) groups excluding carboxylic acids is 1. The van der Waals surface area contributed by atoms with Crippen molar-refractivity contribution in [1.29, 1.82) is 0 Å². The van der Waals surface area contributed by atoms with Crippen LogP contribution in [0.4, 0.5) is 4.79 Å². The largest absolute Gasteiger partial charge is 0.338 e. The van der Waals surface area contributed by atoms with E-state index in [2.05, 4.69) is 50.8 Å². The number of pyridine rings is 1. The number of amides is 2. The Kier molecular flexibility index (Phi) is 6.40. The highest BCUT2D eigenvalue weighted by molar-refractivity contribution is 5.73. The van der Waals surface area contributed by atoms with E-state index in [-0.39, 0.29) is 6.03 Å². The Bertz CT molecular complexity index is 647. The summed E-state index contributed by atoms with van der Waals surface area (Å²) in [5.74, 6) is 0.542. The second-order valence-corrected chi connectivity index (χ2v) is 6.62. The Morgan fingerprint density at radius 2 is 1.96 bits per heavy atom. The number of rotatable bonds is 7. The zero-order valence-electron chi connectivity index (χ0n) is 14.5. The van der Waals surface area contributed by atoms with Crippen molar-refractivity contribution in [2.45, 2.75) is 19.4 Å². The van der Waals surface area contributed by atoms with Gasteiger partial charge in [0.05, 0.1) is 0 Å². The van der Waals surface area contributed by atoms with E-state index in [0.717, 1.165) is 44.6 Å². The zero-order chi connectivity index (χ0) is 17.3. The van der Waals surface area contributed by atoms with E-state index in [1.54, 1.807) is 12.4 Å². The number of hydrogen-bond acceptors (Lipinski definition) is 3. The lowest BCUT2D eigenvalue weighted by Crippen LogP contribution is -2.38. The molecule has 0 radical (unpaired) electrons. The number of nitrogens with one attached hydrogen (secondary N) is 2. The van der Waals surface area contributed by atoms with Crippen molar-refractivity contribution in [2.24, 2.45) is 5.92 Å². The van der Waals surface area contributed by atoms with E-state index >= 15 is 0 Å². The fourth-order valence-corrected chi connectivity index (χ4v) is 3.20. The molecule has 1 fully saturated rings. The molecule has 5 nitrogen and oxygen atoms in total. The molecule has 1 aromatic carbocycles. The number of carbonyl (C=O) groups is 1. The molecule has 5 heteroatoms. The molecule has 2 aromatic rings. The highest BCUT2D eigenvalue weighted by atomic mass is 16.2. The quantitative estimate of drug-likeness (QED) is 0.815. The van der Waals surface area contributed by atoms with Gasteiger partial charge in [0, 0.05) is 38.6 Å². The first kappa shape index (κ1) is 17.4. The lowest BCUT2D eigenvalue weighted by molar-refractivity contribution is 0.238. The van der Waals surface area contributed by atoms with Crippen LogP contribution in [0.2, 0.25) is 0 Å². The van der Waals surface area contributed by atoms with Gasteiger partial charge in [-0.3, -0.25) is 4.98 Å². The molecule has 2 N–H and O–H groups in total. The van der Waals surface area contributed by atoms with E-state index in [1.165, 1.54) is 5.56 Å². The van der Waals surface area contributed by atoms with Gasteiger partial charge >= 0.3 is 6.03 Å². The third-order valence-corrected chi connectivity index (χ3v) is 4.66. The van der Waals surface area contributed by atoms with Crippen LogP contribution in [0, 0.1) is 5.92 Å². The SMILES string of the molecule is O=C(NCc1cccnc1)NCC1CCN(CCc2ccccc2)C1. The smallest absolute Gasteiger partial charge is 0.315 e. The van der Waals surface area contributed by atoms with Crippen LogP contribution in [-0.2, 0) is 13.0 Å². The summed E-state index contributed by atoms with van der Waals surface area (Å²) >= 11 is 0. The highest BCUT2D eigenvalue weighted by Gasteiger charge is 2.22. The normalized spacial score (nSPS) is 17.4. The summed E-state index contributed by atoms with van der Waals surface area (Å²) in [6.45, 7) is 4.52. The first-order chi connectivity index (χ1) is 12.3. The van der Waals surface area contributed by atoms with E-state index in [1.807, 2.05) is 12.1 Å². The van der Waals surface area contributed by atoms with Crippen LogP contribution in [0.1, 0.15) is 17.5 Å². The van der Waals surface area contributed by atoms with Gasteiger partial charge in [-0.25, -0.2) is 4.79 Å². The molecule has 1 aliphatic rings. The summed E-state index contributed by atoms with van der Waals surface area (Å²) in [4.78, 5) is 18.4. The monoisotopic (exact) mass is 338 g/mol. The number of nitrogens with zero attached hydrogens (tertiary/aromatic N) is 2. The third-order valence-electron chi connectivity index (χ3n) is 4.66. The minimum absolute atomic E-state index is 0.105. The fraction of sp³-hybridized carbons (Fsp3) is 0.400. The van der Waals surface area contributed by atoms with Crippen molar-refractivity contribution in [3.05, 3.63) is 66.0 Å². The lowest BCUT2D eigenvalue weighted by atomic mass is 10.1. The van der Waals surface area contributed by atoms with Gasteiger partial charge in [-0.15, -0.1) is 0 Å². The molecule has 25 heavy (non-hydrogen) atoms. The van der Waals surface area contributed by atoms with Crippen molar-refractivity contribution >= 4 is 6.03 Å². The molecule has 2 amide bonds. The van der Waals surface area contributed by atoms with Crippen LogP contribution in [0.25, 0.3) is 0 Å². The maximum atomic E-state index is 11.9. The van der Waals surface area contributed by atoms with Crippen molar-refractivity contribution in [3.63, 3.8) is 0 Å². The van der Waals surface area contributed by atoms with Gasteiger partial charge in [0.1, 0.15) is 0 Å². The molecular formula is C20H26N4O. The Morgan fingerprint density at radius 3 is 2.76 bits per heavy atom. The molecular weight excluding hydrogens is 312 g/mol. The van der Waals surface area contributed by atoms with Crippen molar-refractivity contribution in [2.75, 3.05) is 26.2 Å². The summed E-state index contributed by atoms with van der Waals surface area (Å²) < 4.78 is 0. The molecule has 3 rings (SSSR count). The first-order valence-electron chi connectivity index (χ1n) is 8.96. The summed E-state index contributed by atoms with van der Waals surface area (Å²) in [6.07, 6.45) is 5.74. The fourth-order valence-electron chi connectivity index (χ4n) is 3.20. The Morgan fingerprint density at radius 1 is 1.12 bits per heavy atom. The number of aromatic nitrogens is 1. The van der Waals surface area contributed by atoms with Crippen molar-refractivity contribution < 1.29 is 4.79 Å². The summed E-state index contributed by atoms with van der Waals surface area (Å²) in [6, 6.07) is 14.3. The average Bonchev–Trinajstić information content (AvgIpc) is 3.13. The number of benzene rings is 1. The van der Waals surface area contributed by atoms with Gasteiger partial charge < -0.3 is 15.5 Å². The van der Waals surface area contributed by atoms with Crippen LogP contribution >= 0.6 is 0 Å². The molecule has 0 spiro atoms. The van der Waals surface area contributed by atoms with Crippen LogP contribution in [0.3, 0.4) is 0 Å². The molecule has 2 heterocycles. The van der Waals surface area contributed by atoms with Gasteiger partial charge in [0.25, 0.3) is 0 Å². The van der Waals surface area contributed by atoms with Crippen LogP contribution < -0.4 is 10.6 Å². The Hall–Kier alpha value is -2.40. The van der Waals surface area contributed by atoms with Crippen LogP contribution in [0.15, 0.2) is 54.9 Å². The maximum absolute atomic E-state index is 11.9. The molecule has 0 bridgehead atoms. The van der Waals surface area contributed by atoms with Crippen molar-refractivity contribution in [3.8, 4) is 0 Å². The molecule has 0 aliphatic carbocycles. The highest BCUT2D eigenvalue weighted by Crippen LogP contribution is 2.15. The summed E-state index contributed by atoms with van der Waals surface area (Å²) in [5, 5.41) is 5.87. The predicted molar refractivity (Wildman–Crippen MR) is 99.2 cm³/mol. The molecule has 1 aromatic heterocycles. The molecule has 1 unspecified atom stereocenters. The Balaban J connectivity index is 1.31. The second-order valence-electron chi connectivity index (χ2n) is 6.62. The van der Waals surface area contributed by atoms with Gasteiger partial charge in [-0.05, 0) is 42.5 Å². The Labute approximate surface area is 149 Å². The predicted octanol–water partition coefficient (Wildman–Crippen LogP) is 2.45. The standard InChI is InChI=1S/C20H26N4O/c25-20(22-14-18-7-4-10-21-13-18)23-15-19-9-12-24(16-19)11-8-17-5-2-1-3-6-17/h1-7,10,13,19H,8-9,11-12,14-16H2,(H2,22,23,25). The molecule has 1 atom stereocenters. The maximum Gasteiger partial charge on any atom is 0.315 e. The number of urea groups is 1. The zero-order valence-corrected chi connectivity index (χ0v) is 14.5. The van der Waals surface area contributed by atoms with Gasteiger partial charge in [0.15, 0.2) is 0 Å². The van der Waals surface area contributed by atoms with E-state index in [4.69, 9.17) is 0 Å². The molecule has 1 aliphatic heterocycles. The lowest BCUT2D eigenvalue weighted by Gasteiger charge is -2.16.